The van der Waals surface area contributed by atoms with E-state index in [0.29, 0.717) is 17.5 Å². The van der Waals surface area contributed by atoms with Gasteiger partial charge in [-0.3, -0.25) is 9.59 Å². The summed E-state index contributed by atoms with van der Waals surface area (Å²) in [6, 6.07) is 4.76. The van der Waals surface area contributed by atoms with Crippen molar-refractivity contribution in [3.63, 3.8) is 0 Å². The van der Waals surface area contributed by atoms with Gasteiger partial charge in [0.25, 0.3) is 0 Å². The third kappa shape index (κ3) is 2.67. The topological polar surface area (TPSA) is 66.4 Å². The van der Waals surface area contributed by atoms with Crippen LogP contribution in [0.4, 0.5) is 4.39 Å². The monoisotopic (exact) mass is 251 g/mol. The van der Waals surface area contributed by atoms with E-state index in [1.54, 1.807) is 19.1 Å². The predicted molar refractivity (Wildman–Crippen MR) is 62.2 cm³/mol. The average Bonchev–Trinajstić information content (AvgIpc) is 3.10. The zero-order valence-corrected chi connectivity index (χ0v) is 9.94. The summed E-state index contributed by atoms with van der Waals surface area (Å²) in [5, 5.41) is 11.3. The van der Waals surface area contributed by atoms with Crippen molar-refractivity contribution < 1.29 is 19.1 Å². The lowest BCUT2D eigenvalue weighted by Crippen LogP contribution is -2.25. The maximum absolute atomic E-state index is 13.3. The number of carbonyl (C=O) groups is 2. The van der Waals surface area contributed by atoms with Gasteiger partial charge in [0.2, 0.25) is 5.91 Å². The van der Waals surface area contributed by atoms with Crippen LogP contribution >= 0.6 is 0 Å². The molecular formula is C13H14FNO3. The van der Waals surface area contributed by atoms with E-state index in [2.05, 4.69) is 5.32 Å². The Bertz CT molecular complexity index is 501. The van der Waals surface area contributed by atoms with E-state index in [0.717, 1.165) is 0 Å². The van der Waals surface area contributed by atoms with Gasteiger partial charge in [-0.05, 0) is 30.5 Å². The van der Waals surface area contributed by atoms with Crippen LogP contribution in [0.25, 0.3) is 0 Å². The van der Waals surface area contributed by atoms with Crippen molar-refractivity contribution in [2.24, 2.45) is 11.8 Å². The fourth-order valence-electron chi connectivity index (χ4n) is 1.82. The summed E-state index contributed by atoms with van der Waals surface area (Å²) in [5.74, 6) is -2.51. The second-order valence-electron chi connectivity index (χ2n) is 4.59. The number of hydrogen-bond donors (Lipinski definition) is 2. The van der Waals surface area contributed by atoms with Crippen molar-refractivity contribution in [2.45, 2.75) is 19.9 Å². The first-order valence-corrected chi connectivity index (χ1v) is 5.74. The summed E-state index contributed by atoms with van der Waals surface area (Å²) >= 11 is 0. The first kappa shape index (κ1) is 12.5. The summed E-state index contributed by atoms with van der Waals surface area (Å²) < 4.78 is 13.3. The van der Waals surface area contributed by atoms with Crippen molar-refractivity contribution >= 4 is 11.9 Å². The SMILES string of the molecule is Cc1ccc(CNC(=O)[C@H]2C[C@@H]2C(=O)O)cc1F. The van der Waals surface area contributed by atoms with Crippen molar-refractivity contribution in [3.8, 4) is 0 Å². The number of nitrogens with one attached hydrogen (secondary N) is 1. The van der Waals surface area contributed by atoms with Gasteiger partial charge in [0.1, 0.15) is 5.82 Å². The van der Waals surface area contributed by atoms with Crippen LogP contribution in [0.5, 0.6) is 0 Å². The number of benzene rings is 1. The summed E-state index contributed by atoms with van der Waals surface area (Å²) in [5.41, 5.74) is 1.22. The molecular weight excluding hydrogens is 237 g/mol. The smallest absolute Gasteiger partial charge is 0.307 e. The van der Waals surface area contributed by atoms with Gasteiger partial charge in [-0.25, -0.2) is 4.39 Å². The third-order valence-electron chi connectivity index (χ3n) is 3.15. The Hall–Kier alpha value is -1.91. The molecule has 1 saturated carbocycles. The molecule has 0 spiro atoms. The molecule has 2 atom stereocenters. The van der Waals surface area contributed by atoms with Crippen LogP contribution in [0.3, 0.4) is 0 Å². The lowest BCUT2D eigenvalue weighted by Gasteiger charge is -2.05. The van der Waals surface area contributed by atoms with E-state index in [1.807, 2.05) is 0 Å². The molecule has 1 fully saturated rings. The van der Waals surface area contributed by atoms with Crippen LogP contribution < -0.4 is 5.32 Å². The highest BCUT2D eigenvalue weighted by Crippen LogP contribution is 2.38. The molecule has 0 aromatic heterocycles. The molecule has 1 amide bonds. The summed E-state index contributed by atoms with van der Waals surface area (Å²) in [6.07, 6.45) is 0.392. The number of carbonyl (C=O) groups excluding carboxylic acids is 1. The van der Waals surface area contributed by atoms with Crippen LogP contribution in [0.1, 0.15) is 17.5 Å². The van der Waals surface area contributed by atoms with Crippen LogP contribution in [-0.2, 0) is 16.1 Å². The van der Waals surface area contributed by atoms with E-state index < -0.39 is 17.8 Å². The highest BCUT2D eigenvalue weighted by Gasteiger charge is 2.48. The number of amides is 1. The Labute approximate surface area is 104 Å². The number of carboxylic acids is 1. The zero-order chi connectivity index (χ0) is 13.3. The van der Waals surface area contributed by atoms with Gasteiger partial charge in [0, 0.05) is 6.54 Å². The van der Waals surface area contributed by atoms with Gasteiger partial charge in [-0.2, -0.15) is 0 Å². The maximum Gasteiger partial charge on any atom is 0.307 e. The van der Waals surface area contributed by atoms with Crippen molar-refractivity contribution in [1.29, 1.82) is 0 Å². The summed E-state index contributed by atoms with van der Waals surface area (Å²) in [7, 11) is 0. The fraction of sp³-hybridized carbons (Fsp3) is 0.385. The molecule has 0 aliphatic heterocycles. The quantitative estimate of drug-likeness (QED) is 0.851. The molecule has 0 saturated heterocycles. The Kier molecular flexibility index (Phi) is 3.32. The molecule has 1 aliphatic carbocycles. The number of hydrogen-bond acceptors (Lipinski definition) is 2. The predicted octanol–water partition coefficient (Wildman–Crippen LogP) is 1.47. The first-order valence-electron chi connectivity index (χ1n) is 5.74. The zero-order valence-electron chi connectivity index (χ0n) is 9.94. The van der Waals surface area contributed by atoms with Crippen LogP contribution in [0.2, 0.25) is 0 Å². The summed E-state index contributed by atoms with van der Waals surface area (Å²) in [6.45, 7) is 1.89. The second-order valence-corrected chi connectivity index (χ2v) is 4.59. The van der Waals surface area contributed by atoms with Crippen molar-refractivity contribution in [2.75, 3.05) is 0 Å². The molecule has 1 aromatic carbocycles. The Morgan fingerprint density at radius 3 is 2.72 bits per heavy atom. The highest BCUT2D eigenvalue weighted by atomic mass is 19.1. The second kappa shape index (κ2) is 4.76. The number of aryl methyl sites for hydroxylation is 1. The third-order valence-corrected chi connectivity index (χ3v) is 3.15. The standard InChI is InChI=1S/C13H14FNO3/c1-7-2-3-8(4-11(7)14)6-15-12(16)9-5-10(9)13(17)18/h2-4,9-10H,5-6H2,1H3,(H,15,16)(H,17,18)/t9-,10-/m0/s1. The Morgan fingerprint density at radius 1 is 1.44 bits per heavy atom. The minimum atomic E-state index is -0.934. The Balaban J connectivity index is 1.87. The van der Waals surface area contributed by atoms with E-state index in [-0.39, 0.29) is 18.3 Å². The summed E-state index contributed by atoms with van der Waals surface area (Å²) in [4.78, 5) is 22.2. The molecule has 0 bridgehead atoms. The molecule has 2 rings (SSSR count). The molecule has 2 N–H and O–H groups in total. The largest absolute Gasteiger partial charge is 0.481 e. The molecule has 96 valence electrons. The van der Waals surface area contributed by atoms with E-state index >= 15 is 0 Å². The van der Waals surface area contributed by atoms with E-state index in [4.69, 9.17) is 5.11 Å². The lowest BCUT2D eigenvalue weighted by atomic mass is 10.1. The lowest BCUT2D eigenvalue weighted by molar-refractivity contribution is -0.140. The van der Waals surface area contributed by atoms with Crippen LogP contribution in [0.15, 0.2) is 18.2 Å². The van der Waals surface area contributed by atoms with E-state index in [1.165, 1.54) is 6.07 Å². The molecule has 4 nitrogen and oxygen atoms in total. The van der Waals surface area contributed by atoms with Gasteiger partial charge in [-0.1, -0.05) is 12.1 Å². The molecule has 1 aromatic rings. The number of halogens is 1. The fourth-order valence-corrected chi connectivity index (χ4v) is 1.82. The van der Waals surface area contributed by atoms with Crippen LogP contribution in [0, 0.1) is 24.6 Å². The average molecular weight is 251 g/mol. The molecule has 5 heteroatoms. The Morgan fingerprint density at radius 2 is 2.17 bits per heavy atom. The van der Waals surface area contributed by atoms with Crippen molar-refractivity contribution in [1.82, 2.24) is 5.32 Å². The normalized spacial score (nSPS) is 21.4. The van der Waals surface area contributed by atoms with Crippen molar-refractivity contribution in [3.05, 3.63) is 35.1 Å². The molecule has 0 heterocycles. The van der Waals surface area contributed by atoms with Gasteiger partial charge in [-0.15, -0.1) is 0 Å². The van der Waals surface area contributed by atoms with E-state index in [9.17, 15) is 14.0 Å². The molecule has 18 heavy (non-hydrogen) atoms. The number of rotatable bonds is 4. The minimum Gasteiger partial charge on any atom is -0.481 e. The van der Waals surface area contributed by atoms with Gasteiger partial charge in [0.15, 0.2) is 0 Å². The first-order chi connectivity index (χ1) is 8.49. The number of carboxylic acid groups (broad SMARTS) is 1. The molecule has 0 unspecified atom stereocenters. The number of aliphatic carboxylic acids is 1. The van der Waals surface area contributed by atoms with Gasteiger partial charge >= 0.3 is 5.97 Å². The van der Waals surface area contributed by atoms with Gasteiger partial charge < -0.3 is 10.4 Å². The molecule has 1 aliphatic rings. The maximum atomic E-state index is 13.3. The molecule has 0 radical (unpaired) electrons. The highest BCUT2D eigenvalue weighted by molar-refractivity contribution is 5.89. The van der Waals surface area contributed by atoms with Gasteiger partial charge in [0.05, 0.1) is 11.8 Å². The minimum absolute atomic E-state index is 0.221. The van der Waals surface area contributed by atoms with Crippen LogP contribution in [-0.4, -0.2) is 17.0 Å².